The third-order valence-corrected chi connectivity index (χ3v) is 3.97. The summed E-state index contributed by atoms with van der Waals surface area (Å²) < 4.78 is 14.6. The van der Waals surface area contributed by atoms with Crippen LogP contribution in [0.2, 0.25) is 0 Å². The second-order valence-corrected chi connectivity index (χ2v) is 5.96. The molecule has 0 aliphatic heterocycles. The van der Waals surface area contributed by atoms with E-state index in [0.717, 1.165) is 0 Å². The Balaban J connectivity index is 2.82. The molecule has 3 N–H and O–H groups in total. The van der Waals surface area contributed by atoms with Crippen LogP contribution in [-0.2, 0) is 10.1 Å². The SMILES string of the molecule is C[SH](=O)(NCB(O)O)c1ccc(C#N)nc1. The van der Waals surface area contributed by atoms with Crippen LogP contribution in [0.15, 0.2) is 23.2 Å². The lowest BCUT2D eigenvalue weighted by Gasteiger charge is -2.20. The van der Waals surface area contributed by atoms with Crippen LogP contribution in [0, 0.1) is 11.3 Å². The number of rotatable bonds is 4. The highest BCUT2D eigenvalue weighted by molar-refractivity contribution is 8.00. The molecular formula is C8H12BN3O3S. The van der Waals surface area contributed by atoms with Crippen molar-refractivity contribution in [1.29, 1.82) is 5.26 Å². The van der Waals surface area contributed by atoms with E-state index in [-0.39, 0.29) is 12.1 Å². The van der Waals surface area contributed by atoms with Gasteiger partial charge >= 0.3 is 7.12 Å². The number of pyridine rings is 1. The molecule has 8 heteroatoms. The van der Waals surface area contributed by atoms with Gasteiger partial charge in [-0.15, -0.1) is 0 Å². The van der Waals surface area contributed by atoms with Gasteiger partial charge in [-0.25, -0.2) is 4.98 Å². The fourth-order valence-corrected chi connectivity index (χ4v) is 2.38. The molecule has 0 fully saturated rings. The number of nitriles is 1. The molecular weight excluding hydrogens is 229 g/mol. The fourth-order valence-electron chi connectivity index (χ4n) is 1.05. The monoisotopic (exact) mass is 241 g/mol. The molecule has 0 bridgehead atoms. The van der Waals surface area contributed by atoms with Crippen molar-refractivity contribution >= 4 is 17.2 Å². The Morgan fingerprint density at radius 2 is 2.31 bits per heavy atom. The molecule has 0 radical (unpaired) electrons. The van der Waals surface area contributed by atoms with Gasteiger partial charge in [0.2, 0.25) is 0 Å². The van der Waals surface area contributed by atoms with Crippen molar-refractivity contribution in [3.8, 4) is 6.07 Å². The topological polar surface area (TPSA) is 106 Å². The minimum absolute atomic E-state index is 0.187. The highest BCUT2D eigenvalue weighted by Gasteiger charge is 2.15. The van der Waals surface area contributed by atoms with Gasteiger partial charge in [0.1, 0.15) is 11.8 Å². The summed E-state index contributed by atoms with van der Waals surface area (Å²) in [4.78, 5) is 4.23. The van der Waals surface area contributed by atoms with E-state index in [1.54, 1.807) is 0 Å². The minimum Gasteiger partial charge on any atom is -0.426 e. The summed E-state index contributed by atoms with van der Waals surface area (Å²) >= 11 is 0. The molecule has 0 saturated heterocycles. The van der Waals surface area contributed by atoms with Gasteiger partial charge in [-0.3, -0.25) is 8.93 Å². The van der Waals surface area contributed by atoms with Gasteiger partial charge in [-0.2, -0.15) is 5.26 Å². The van der Waals surface area contributed by atoms with Gasteiger partial charge < -0.3 is 10.0 Å². The smallest absolute Gasteiger partial charge is 0.426 e. The average Bonchev–Trinajstić information content (AvgIpc) is 2.27. The Morgan fingerprint density at radius 1 is 1.62 bits per heavy atom. The molecule has 1 aromatic heterocycles. The van der Waals surface area contributed by atoms with Gasteiger partial charge in [0.05, 0.1) is 0 Å². The molecule has 0 atom stereocenters. The minimum atomic E-state index is -2.87. The number of aromatic nitrogens is 1. The van der Waals surface area contributed by atoms with Crippen LogP contribution >= 0.6 is 0 Å². The van der Waals surface area contributed by atoms with Gasteiger partial charge in [0.15, 0.2) is 0 Å². The van der Waals surface area contributed by atoms with Crippen molar-refractivity contribution in [3.63, 3.8) is 0 Å². The largest absolute Gasteiger partial charge is 0.467 e. The summed E-state index contributed by atoms with van der Waals surface area (Å²) in [5, 5.41) is 25.9. The highest BCUT2D eigenvalue weighted by Crippen LogP contribution is 2.12. The highest BCUT2D eigenvalue weighted by atomic mass is 32.3. The first-order valence-electron chi connectivity index (χ1n) is 4.51. The number of nitrogens with zero attached hydrogens (tertiary/aromatic N) is 2. The first kappa shape index (κ1) is 12.8. The zero-order valence-corrected chi connectivity index (χ0v) is 9.56. The second kappa shape index (κ2) is 5.18. The molecule has 16 heavy (non-hydrogen) atoms. The van der Waals surface area contributed by atoms with Crippen molar-refractivity contribution in [1.82, 2.24) is 9.71 Å². The van der Waals surface area contributed by atoms with Crippen molar-refractivity contribution in [2.45, 2.75) is 4.90 Å². The van der Waals surface area contributed by atoms with E-state index in [2.05, 4.69) is 9.71 Å². The lowest BCUT2D eigenvalue weighted by molar-refractivity contribution is 0.405. The molecule has 0 unspecified atom stereocenters. The molecule has 6 nitrogen and oxygen atoms in total. The molecule has 1 rings (SSSR count). The van der Waals surface area contributed by atoms with Crippen LogP contribution in [0.5, 0.6) is 0 Å². The Hall–Kier alpha value is -1.27. The number of thiol groups is 1. The van der Waals surface area contributed by atoms with Crippen LogP contribution < -0.4 is 4.72 Å². The van der Waals surface area contributed by atoms with Crippen molar-refractivity contribution < 1.29 is 14.3 Å². The summed E-state index contributed by atoms with van der Waals surface area (Å²) in [6.07, 6.45) is 2.61. The molecule has 1 heterocycles. The second-order valence-electron chi connectivity index (χ2n) is 3.28. The number of nitrogens with one attached hydrogen (secondary N) is 1. The zero-order chi connectivity index (χ0) is 12.2. The quantitative estimate of drug-likeness (QED) is 0.378. The Kier molecular flexibility index (Phi) is 4.15. The molecule has 0 saturated carbocycles. The summed E-state index contributed by atoms with van der Waals surface area (Å²) in [7, 11) is -4.43. The molecule has 0 amide bonds. The maximum Gasteiger partial charge on any atom is 0.467 e. The predicted molar refractivity (Wildman–Crippen MR) is 60.9 cm³/mol. The lowest BCUT2D eigenvalue weighted by Crippen LogP contribution is -2.38. The van der Waals surface area contributed by atoms with Crippen LogP contribution in [0.25, 0.3) is 0 Å². The van der Waals surface area contributed by atoms with Crippen molar-refractivity contribution in [2.24, 2.45) is 0 Å². The Bertz CT molecular complexity index is 443. The third-order valence-electron chi connectivity index (χ3n) is 1.93. The van der Waals surface area contributed by atoms with Crippen molar-refractivity contribution in [3.05, 3.63) is 24.0 Å². The van der Waals surface area contributed by atoms with E-state index < -0.39 is 17.2 Å². The zero-order valence-electron chi connectivity index (χ0n) is 8.66. The standard InChI is InChI=1S/C8H12BN3O3S/c1-16(15,12-6-9(13)14)8-3-2-7(4-10)11-5-8/h2-3,5,13-14,16H,6H2,1H3,(H,12,15). The van der Waals surface area contributed by atoms with E-state index in [9.17, 15) is 4.21 Å². The van der Waals surface area contributed by atoms with Crippen LogP contribution in [0.1, 0.15) is 5.69 Å². The first-order valence-corrected chi connectivity index (χ1v) is 6.66. The van der Waals surface area contributed by atoms with Crippen LogP contribution in [0.4, 0.5) is 0 Å². The molecule has 0 aliphatic rings. The van der Waals surface area contributed by atoms with Gasteiger partial charge in [-0.1, -0.05) is 0 Å². The Labute approximate surface area is 94.6 Å². The first-order chi connectivity index (χ1) is 7.45. The van der Waals surface area contributed by atoms with E-state index in [1.807, 2.05) is 6.07 Å². The van der Waals surface area contributed by atoms with Crippen LogP contribution in [0.3, 0.4) is 0 Å². The van der Waals surface area contributed by atoms with Gasteiger partial charge in [0, 0.05) is 23.8 Å². The van der Waals surface area contributed by atoms with Gasteiger partial charge in [0.25, 0.3) is 0 Å². The average molecular weight is 241 g/mol. The van der Waals surface area contributed by atoms with Crippen LogP contribution in [-0.4, -0.2) is 39.1 Å². The molecule has 0 spiro atoms. The molecule has 1 aromatic rings. The summed E-state index contributed by atoms with van der Waals surface area (Å²) in [6, 6.07) is 4.85. The van der Waals surface area contributed by atoms with E-state index in [4.69, 9.17) is 15.3 Å². The summed E-state index contributed by atoms with van der Waals surface area (Å²) in [5.41, 5.74) is 0.242. The number of hydrogen-bond donors (Lipinski definition) is 4. The molecule has 0 aromatic carbocycles. The maximum atomic E-state index is 12.1. The molecule has 0 aliphatic carbocycles. The summed E-state index contributed by atoms with van der Waals surface area (Å²) in [6.45, 7) is 0. The number of hydrogen-bond acceptors (Lipinski definition) is 5. The lowest BCUT2D eigenvalue weighted by atomic mass is 9.94. The van der Waals surface area contributed by atoms with E-state index in [0.29, 0.717) is 4.90 Å². The third kappa shape index (κ3) is 3.39. The predicted octanol–water partition coefficient (Wildman–Crippen LogP) is -1.52. The summed E-state index contributed by atoms with van der Waals surface area (Å²) in [5.74, 6) is 0. The maximum absolute atomic E-state index is 12.1. The van der Waals surface area contributed by atoms with E-state index >= 15 is 0 Å². The van der Waals surface area contributed by atoms with Gasteiger partial charge in [-0.05, 0) is 22.3 Å². The fraction of sp³-hybridized carbons (Fsp3) is 0.250. The normalized spacial score (nSPS) is 11.9. The Morgan fingerprint density at radius 3 is 2.75 bits per heavy atom. The van der Waals surface area contributed by atoms with E-state index in [1.165, 1.54) is 24.6 Å². The molecule has 86 valence electrons. The van der Waals surface area contributed by atoms with Crippen molar-refractivity contribution in [2.75, 3.05) is 12.7 Å².